The fraction of sp³-hybridized carbons (Fsp3) is 0.647. The fourth-order valence-electron chi connectivity index (χ4n) is 2.56. The molecule has 0 aromatic carbocycles. The quantitative estimate of drug-likeness (QED) is 0.569. The number of nitrogens with two attached hydrogens (primary N) is 1. The van der Waals surface area contributed by atoms with Crippen molar-refractivity contribution in [3.63, 3.8) is 0 Å². The number of anilines is 1. The highest BCUT2D eigenvalue weighted by atomic mass is 16.5. The number of aromatic amines is 1. The number of nitrogen functional groups attached to an aromatic ring is 1. The average Bonchev–Trinajstić information content (AvgIpc) is 2.92. The molecule has 0 aliphatic heterocycles. The highest BCUT2D eigenvalue weighted by Crippen LogP contribution is 2.18. The summed E-state index contributed by atoms with van der Waals surface area (Å²) in [5.74, 6) is 0.229. The van der Waals surface area contributed by atoms with E-state index in [0.29, 0.717) is 43.8 Å². The molecule has 0 saturated heterocycles. The molecule has 0 unspecified atom stereocenters. The van der Waals surface area contributed by atoms with Gasteiger partial charge in [-0.15, -0.1) is 0 Å². The lowest BCUT2D eigenvalue weighted by molar-refractivity contribution is -0.129. The summed E-state index contributed by atoms with van der Waals surface area (Å²) in [6.07, 6.45) is 2.57. The van der Waals surface area contributed by atoms with E-state index >= 15 is 0 Å². The lowest BCUT2D eigenvalue weighted by Crippen LogP contribution is -2.35. The van der Waals surface area contributed by atoms with Crippen molar-refractivity contribution in [3.8, 4) is 6.01 Å². The van der Waals surface area contributed by atoms with E-state index in [2.05, 4.69) is 21.9 Å². The number of nitrogens with zero attached hydrogens (tertiary/aromatic N) is 5. The molecule has 2 aromatic rings. The first-order valence-corrected chi connectivity index (χ1v) is 9.11. The van der Waals surface area contributed by atoms with Gasteiger partial charge in [0.15, 0.2) is 11.5 Å². The summed E-state index contributed by atoms with van der Waals surface area (Å²) in [5, 5.41) is 0. The highest BCUT2D eigenvalue weighted by Gasteiger charge is 2.15. The first kappa shape index (κ1) is 20.7. The van der Waals surface area contributed by atoms with E-state index in [4.69, 9.17) is 10.5 Å². The normalized spacial score (nSPS) is 11.3. The number of likely N-dealkylation sites (N-methyl/N-ethyl adjacent to an activating group) is 2. The van der Waals surface area contributed by atoms with Gasteiger partial charge in [0.05, 0.1) is 13.2 Å². The zero-order chi connectivity index (χ0) is 20.0. The molecule has 0 spiro atoms. The van der Waals surface area contributed by atoms with E-state index in [1.165, 1.54) is 4.57 Å². The minimum atomic E-state index is -0.288. The molecule has 150 valence electrons. The molecule has 2 aromatic heterocycles. The van der Waals surface area contributed by atoms with E-state index in [9.17, 15) is 9.59 Å². The number of nitrogens with one attached hydrogen (secondary N) is 1. The van der Waals surface area contributed by atoms with E-state index < -0.39 is 0 Å². The van der Waals surface area contributed by atoms with Crippen LogP contribution in [0, 0.1) is 0 Å². The van der Waals surface area contributed by atoms with Crippen molar-refractivity contribution in [3.05, 3.63) is 10.5 Å². The third-order valence-electron chi connectivity index (χ3n) is 4.18. The number of aromatic nitrogens is 4. The number of aryl methyl sites for hydroxylation is 1. The predicted octanol–water partition coefficient (Wildman–Crippen LogP) is 0.291. The second-order valence-corrected chi connectivity index (χ2v) is 6.75. The van der Waals surface area contributed by atoms with Crippen LogP contribution in [-0.2, 0) is 11.3 Å². The maximum atomic E-state index is 12.3. The summed E-state index contributed by atoms with van der Waals surface area (Å²) in [5.41, 5.74) is 6.50. The number of amides is 1. The standard InChI is InChI=1S/C17H29N7O3/c1-5-6-10-27-16-20-14(18)13-15(21-16)24(17(26)19-13)9-7-8-23(4)11-12(25)22(2)3/h5-11H2,1-4H3,(H,19,26)(H2,18,20,21). The Balaban J connectivity index is 2.07. The summed E-state index contributed by atoms with van der Waals surface area (Å²) in [7, 11) is 5.33. The van der Waals surface area contributed by atoms with Gasteiger partial charge >= 0.3 is 11.7 Å². The van der Waals surface area contributed by atoms with Gasteiger partial charge < -0.3 is 20.4 Å². The predicted molar refractivity (Wildman–Crippen MR) is 104 cm³/mol. The van der Waals surface area contributed by atoms with Crippen molar-refractivity contribution in [2.45, 2.75) is 32.7 Å². The van der Waals surface area contributed by atoms with Gasteiger partial charge in [-0.1, -0.05) is 13.3 Å². The summed E-state index contributed by atoms with van der Waals surface area (Å²) in [4.78, 5) is 38.6. The van der Waals surface area contributed by atoms with Gasteiger partial charge in [0.1, 0.15) is 5.52 Å². The van der Waals surface area contributed by atoms with Crippen LogP contribution in [0.3, 0.4) is 0 Å². The van der Waals surface area contributed by atoms with E-state index in [1.54, 1.807) is 19.0 Å². The van der Waals surface area contributed by atoms with Crippen molar-refractivity contribution >= 4 is 22.9 Å². The first-order chi connectivity index (χ1) is 12.8. The molecule has 1 amide bonds. The number of unbranched alkanes of at least 4 members (excludes halogenated alkanes) is 1. The van der Waals surface area contributed by atoms with Gasteiger partial charge in [-0.3, -0.25) is 14.3 Å². The van der Waals surface area contributed by atoms with Gasteiger partial charge in [-0.25, -0.2) is 4.79 Å². The van der Waals surface area contributed by atoms with Crippen LogP contribution in [0.15, 0.2) is 4.79 Å². The summed E-state index contributed by atoms with van der Waals surface area (Å²) in [6.45, 7) is 4.01. The Morgan fingerprint density at radius 2 is 2.00 bits per heavy atom. The minimum Gasteiger partial charge on any atom is -0.463 e. The second-order valence-electron chi connectivity index (χ2n) is 6.75. The number of carbonyl (C=O) groups excluding carboxylic acids is 1. The Kier molecular flexibility index (Phi) is 7.17. The van der Waals surface area contributed by atoms with Crippen LogP contribution in [0.1, 0.15) is 26.2 Å². The van der Waals surface area contributed by atoms with Gasteiger partial charge in [0.2, 0.25) is 5.91 Å². The molecule has 0 saturated carbocycles. The number of ether oxygens (including phenoxy) is 1. The fourth-order valence-corrected chi connectivity index (χ4v) is 2.56. The van der Waals surface area contributed by atoms with Crippen molar-refractivity contribution in [1.29, 1.82) is 0 Å². The third-order valence-corrected chi connectivity index (χ3v) is 4.18. The van der Waals surface area contributed by atoms with Gasteiger partial charge in [0.25, 0.3) is 0 Å². The largest absolute Gasteiger partial charge is 0.463 e. The topological polar surface area (TPSA) is 122 Å². The molecular formula is C17H29N7O3. The highest BCUT2D eigenvalue weighted by molar-refractivity contribution is 5.81. The van der Waals surface area contributed by atoms with Crippen LogP contribution in [-0.4, -0.2) is 76.1 Å². The van der Waals surface area contributed by atoms with Gasteiger partial charge in [-0.2, -0.15) is 9.97 Å². The van der Waals surface area contributed by atoms with Gasteiger partial charge in [0, 0.05) is 27.2 Å². The average molecular weight is 379 g/mol. The molecule has 10 nitrogen and oxygen atoms in total. The lowest BCUT2D eigenvalue weighted by Gasteiger charge is -2.18. The molecule has 0 atom stereocenters. The molecule has 0 radical (unpaired) electrons. The molecule has 0 fully saturated rings. The molecule has 27 heavy (non-hydrogen) atoms. The zero-order valence-corrected chi connectivity index (χ0v) is 16.5. The van der Waals surface area contributed by atoms with E-state index in [0.717, 1.165) is 12.8 Å². The maximum Gasteiger partial charge on any atom is 0.327 e. The van der Waals surface area contributed by atoms with Crippen LogP contribution in [0.5, 0.6) is 6.01 Å². The maximum absolute atomic E-state index is 12.3. The number of fused-ring (bicyclic) bond motifs is 1. The molecule has 2 rings (SSSR count). The molecule has 2 heterocycles. The van der Waals surface area contributed by atoms with Crippen LogP contribution in [0.4, 0.5) is 5.82 Å². The van der Waals surface area contributed by atoms with Crippen molar-refractivity contribution < 1.29 is 9.53 Å². The molecule has 0 aliphatic rings. The Hall–Kier alpha value is -2.62. The molecule has 0 aliphatic carbocycles. The monoisotopic (exact) mass is 379 g/mol. The van der Waals surface area contributed by atoms with Crippen molar-refractivity contribution in [2.24, 2.45) is 0 Å². The summed E-state index contributed by atoms with van der Waals surface area (Å²) in [6, 6.07) is 0.176. The minimum absolute atomic E-state index is 0.0381. The molecular weight excluding hydrogens is 350 g/mol. The number of H-pyrrole nitrogens is 1. The van der Waals surface area contributed by atoms with Crippen molar-refractivity contribution in [2.75, 3.05) is 46.6 Å². The Morgan fingerprint density at radius 1 is 1.26 bits per heavy atom. The lowest BCUT2D eigenvalue weighted by atomic mass is 10.3. The zero-order valence-electron chi connectivity index (χ0n) is 16.5. The SMILES string of the molecule is CCCCOc1nc(N)c2[nH]c(=O)n(CCCN(C)CC(=O)N(C)C)c2n1. The first-order valence-electron chi connectivity index (χ1n) is 9.11. The van der Waals surface area contributed by atoms with E-state index in [1.807, 2.05) is 11.9 Å². The smallest absolute Gasteiger partial charge is 0.327 e. The molecule has 0 bridgehead atoms. The van der Waals surface area contributed by atoms with Crippen LogP contribution < -0.4 is 16.2 Å². The Morgan fingerprint density at radius 3 is 2.67 bits per heavy atom. The van der Waals surface area contributed by atoms with E-state index in [-0.39, 0.29) is 23.4 Å². The summed E-state index contributed by atoms with van der Waals surface area (Å²) >= 11 is 0. The van der Waals surface area contributed by atoms with Crippen molar-refractivity contribution in [1.82, 2.24) is 29.3 Å². The summed E-state index contributed by atoms with van der Waals surface area (Å²) < 4.78 is 7.06. The van der Waals surface area contributed by atoms with Crippen LogP contribution in [0.2, 0.25) is 0 Å². The van der Waals surface area contributed by atoms with Crippen LogP contribution in [0.25, 0.3) is 11.2 Å². The number of hydrogen-bond donors (Lipinski definition) is 2. The molecule has 10 heteroatoms. The van der Waals surface area contributed by atoms with Crippen LogP contribution >= 0.6 is 0 Å². The molecule has 3 N–H and O–H groups in total. The number of imidazole rings is 1. The second kappa shape index (κ2) is 9.36. The number of hydrogen-bond acceptors (Lipinski definition) is 7. The Bertz CT molecular complexity index is 828. The number of rotatable bonds is 10. The van der Waals surface area contributed by atoms with Gasteiger partial charge in [-0.05, 0) is 19.9 Å². The number of carbonyl (C=O) groups is 1. The third kappa shape index (κ3) is 5.43. The Labute approximate surface area is 158 Å².